The summed E-state index contributed by atoms with van der Waals surface area (Å²) in [5.74, 6) is -1.02. The topological polar surface area (TPSA) is 138 Å². The number of hydrogen-bond donors (Lipinski definition) is 4. The van der Waals surface area contributed by atoms with Gasteiger partial charge in [0.1, 0.15) is 12.1 Å². The number of aliphatic hydroxyl groups excluding tert-OH is 1. The first-order valence-corrected chi connectivity index (χ1v) is 13.8. The third kappa shape index (κ3) is 7.83. The average molecular weight is 530 g/mol. The Hall–Kier alpha value is -2.82. The van der Waals surface area contributed by atoms with E-state index in [1.165, 1.54) is 4.90 Å². The van der Waals surface area contributed by atoms with Gasteiger partial charge in [-0.25, -0.2) is 4.98 Å². The quantitative estimate of drug-likeness (QED) is 0.312. The van der Waals surface area contributed by atoms with E-state index < -0.39 is 18.2 Å². The molecule has 0 saturated carbocycles. The number of thiazole rings is 1. The van der Waals surface area contributed by atoms with Crippen molar-refractivity contribution in [1.29, 1.82) is 0 Å². The highest BCUT2D eigenvalue weighted by Crippen LogP contribution is 2.27. The van der Waals surface area contributed by atoms with Gasteiger partial charge < -0.3 is 26.4 Å². The normalized spacial score (nSPS) is 18.2. The molecule has 0 aliphatic carbocycles. The van der Waals surface area contributed by atoms with E-state index in [1.54, 1.807) is 11.3 Å². The highest BCUT2D eigenvalue weighted by molar-refractivity contribution is 7.13. The number of carbonyl (C=O) groups excluding carboxylic acids is 3. The lowest BCUT2D eigenvalue weighted by atomic mass is 10.0. The Bertz CT molecular complexity index is 1060. The molecule has 2 heterocycles. The van der Waals surface area contributed by atoms with Gasteiger partial charge in [-0.1, -0.05) is 44.5 Å². The van der Waals surface area contributed by atoms with Gasteiger partial charge in [0.2, 0.25) is 17.7 Å². The Kier molecular flexibility index (Phi) is 10.6. The van der Waals surface area contributed by atoms with Crippen LogP contribution < -0.4 is 16.4 Å². The fourth-order valence-electron chi connectivity index (χ4n) is 4.51. The number of rotatable bonds is 12. The Morgan fingerprint density at radius 1 is 1.19 bits per heavy atom. The monoisotopic (exact) mass is 529 g/mol. The maximum absolute atomic E-state index is 13.4. The number of aromatic nitrogens is 1. The zero-order valence-corrected chi connectivity index (χ0v) is 22.7. The number of nitrogens with two attached hydrogens (primary N) is 1. The van der Waals surface area contributed by atoms with Crippen LogP contribution in [-0.2, 0) is 20.9 Å². The second-order valence-electron chi connectivity index (χ2n) is 9.97. The van der Waals surface area contributed by atoms with Crippen LogP contribution in [0, 0.1) is 12.8 Å². The first kappa shape index (κ1) is 28.7. The summed E-state index contributed by atoms with van der Waals surface area (Å²) in [6.45, 7) is 6.65. The zero-order chi connectivity index (χ0) is 26.9. The van der Waals surface area contributed by atoms with Crippen LogP contribution in [0.3, 0.4) is 0 Å². The Morgan fingerprint density at radius 2 is 1.92 bits per heavy atom. The van der Waals surface area contributed by atoms with Crippen molar-refractivity contribution in [2.75, 3.05) is 13.1 Å². The van der Waals surface area contributed by atoms with E-state index in [2.05, 4.69) is 15.6 Å². The summed E-state index contributed by atoms with van der Waals surface area (Å²) < 4.78 is 0. The van der Waals surface area contributed by atoms with Crippen molar-refractivity contribution < 1.29 is 19.5 Å². The van der Waals surface area contributed by atoms with E-state index >= 15 is 0 Å². The highest BCUT2D eigenvalue weighted by Gasteiger charge is 2.42. The summed E-state index contributed by atoms with van der Waals surface area (Å²) >= 11 is 1.59. The lowest BCUT2D eigenvalue weighted by Gasteiger charge is -2.30. The first-order chi connectivity index (χ1) is 17.7. The molecule has 5 N–H and O–H groups in total. The van der Waals surface area contributed by atoms with Gasteiger partial charge in [0.25, 0.3) is 0 Å². The Morgan fingerprint density at radius 3 is 2.54 bits per heavy atom. The van der Waals surface area contributed by atoms with Gasteiger partial charge in [0, 0.05) is 25.9 Å². The van der Waals surface area contributed by atoms with Crippen molar-refractivity contribution >= 4 is 29.1 Å². The molecule has 2 aromatic rings. The van der Waals surface area contributed by atoms with Crippen molar-refractivity contribution in [2.45, 2.75) is 77.6 Å². The third-order valence-corrected chi connectivity index (χ3v) is 7.63. The summed E-state index contributed by atoms with van der Waals surface area (Å²) in [5.41, 5.74) is 10.3. The van der Waals surface area contributed by atoms with Gasteiger partial charge in [-0.15, -0.1) is 11.3 Å². The fourth-order valence-corrected chi connectivity index (χ4v) is 5.32. The minimum absolute atomic E-state index is 0.0649. The molecular formula is C27H39N5O4S. The number of benzene rings is 1. The smallest absolute Gasteiger partial charge is 0.246 e. The van der Waals surface area contributed by atoms with Gasteiger partial charge in [0.05, 0.1) is 22.2 Å². The Balaban J connectivity index is 1.59. The minimum atomic E-state index is -0.790. The summed E-state index contributed by atoms with van der Waals surface area (Å²) in [6.07, 6.45) is 2.13. The number of aryl methyl sites for hydroxylation is 1. The molecule has 0 radical (unpaired) electrons. The van der Waals surface area contributed by atoms with Gasteiger partial charge in [-0.3, -0.25) is 14.4 Å². The standard InChI is InChI=1S/C27H39N5O4S/c1-17(2)24(31-23(34)7-5-4-6-12-28)27(36)32-15-21(33)13-22(32)26(35)29-14-19-8-10-20(11-9-19)25-18(3)30-16-37-25/h8-11,16-17,21-22,24,33H,4-7,12-15,28H2,1-3H3,(H,29,35)(H,31,34)/t21-,22+,24+/m1/s1. The van der Waals surface area contributed by atoms with E-state index in [0.29, 0.717) is 25.9 Å². The van der Waals surface area contributed by atoms with E-state index in [1.807, 2.05) is 50.5 Å². The Labute approximate surface area is 222 Å². The predicted octanol–water partition coefficient (Wildman–Crippen LogP) is 2.36. The number of hydrogen-bond acceptors (Lipinski definition) is 7. The zero-order valence-electron chi connectivity index (χ0n) is 21.9. The number of likely N-dealkylation sites (tertiary alicyclic amines) is 1. The largest absolute Gasteiger partial charge is 0.391 e. The molecule has 3 rings (SSSR count). The van der Waals surface area contributed by atoms with Gasteiger partial charge in [-0.2, -0.15) is 0 Å². The van der Waals surface area contributed by atoms with E-state index in [-0.39, 0.29) is 36.6 Å². The van der Waals surface area contributed by atoms with Crippen molar-refractivity contribution in [1.82, 2.24) is 20.5 Å². The SMILES string of the molecule is Cc1ncsc1-c1ccc(CNC(=O)[C@@H]2C[C@@H](O)CN2C(=O)[C@@H](NC(=O)CCCCCN)C(C)C)cc1. The van der Waals surface area contributed by atoms with Crippen LogP contribution in [0.15, 0.2) is 29.8 Å². The molecule has 1 aliphatic rings. The lowest BCUT2D eigenvalue weighted by molar-refractivity contribution is -0.142. The van der Waals surface area contributed by atoms with Crippen molar-refractivity contribution in [2.24, 2.45) is 11.7 Å². The molecule has 202 valence electrons. The first-order valence-electron chi connectivity index (χ1n) is 13.0. The molecule has 10 heteroatoms. The van der Waals surface area contributed by atoms with Crippen LogP contribution in [0.1, 0.15) is 57.2 Å². The van der Waals surface area contributed by atoms with E-state index in [0.717, 1.165) is 34.5 Å². The van der Waals surface area contributed by atoms with Gasteiger partial charge in [0.15, 0.2) is 0 Å². The summed E-state index contributed by atoms with van der Waals surface area (Å²) in [4.78, 5) is 45.8. The molecule has 3 amide bonds. The average Bonchev–Trinajstić information content (AvgIpc) is 3.49. The molecule has 1 saturated heterocycles. The number of carbonyl (C=O) groups is 3. The molecule has 0 bridgehead atoms. The van der Waals surface area contributed by atoms with Gasteiger partial charge in [-0.05, 0) is 43.4 Å². The highest BCUT2D eigenvalue weighted by atomic mass is 32.1. The molecule has 1 fully saturated rings. The summed E-state index contributed by atoms with van der Waals surface area (Å²) in [6, 6.07) is 6.37. The van der Waals surface area contributed by atoms with Crippen LogP contribution in [-0.4, -0.2) is 64.0 Å². The fraction of sp³-hybridized carbons (Fsp3) is 0.556. The second kappa shape index (κ2) is 13.6. The van der Waals surface area contributed by atoms with Crippen LogP contribution in [0.2, 0.25) is 0 Å². The number of β-amino-alcohol motifs (C(OH)–C–C–N with tert-alkyl or cyclic N) is 1. The van der Waals surface area contributed by atoms with Crippen LogP contribution in [0.5, 0.6) is 0 Å². The molecular weight excluding hydrogens is 490 g/mol. The maximum atomic E-state index is 13.4. The molecule has 1 aromatic heterocycles. The summed E-state index contributed by atoms with van der Waals surface area (Å²) in [7, 11) is 0. The number of aliphatic hydroxyl groups is 1. The predicted molar refractivity (Wildman–Crippen MR) is 145 cm³/mol. The second-order valence-corrected chi connectivity index (χ2v) is 10.8. The molecule has 0 spiro atoms. The van der Waals surface area contributed by atoms with Crippen molar-refractivity contribution in [3.05, 3.63) is 41.0 Å². The van der Waals surface area contributed by atoms with E-state index in [9.17, 15) is 19.5 Å². The molecule has 3 atom stereocenters. The number of unbranched alkanes of at least 4 members (excludes halogenated alkanes) is 2. The van der Waals surface area contributed by atoms with E-state index in [4.69, 9.17) is 5.73 Å². The maximum Gasteiger partial charge on any atom is 0.246 e. The molecule has 9 nitrogen and oxygen atoms in total. The number of nitrogens with zero attached hydrogens (tertiary/aromatic N) is 2. The molecule has 1 aromatic carbocycles. The third-order valence-electron chi connectivity index (χ3n) is 6.65. The van der Waals surface area contributed by atoms with Crippen LogP contribution in [0.25, 0.3) is 10.4 Å². The molecule has 1 aliphatic heterocycles. The molecule has 37 heavy (non-hydrogen) atoms. The van der Waals surface area contributed by atoms with Crippen LogP contribution in [0.4, 0.5) is 0 Å². The van der Waals surface area contributed by atoms with Gasteiger partial charge >= 0.3 is 0 Å². The van der Waals surface area contributed by atoms with Crippen molar-refractivity contribution in [3.8, 4) is 10.4 Å². The number of amides is 3. The van der Waals surface area contributed by atoms with Crippen molar-refractivity contribution in [3.63, 3.8) is 0 Å². The minimum Gasteiger partial charge on any atom is -0.391 e. The number of nitrogens with one attached hydrogen (secondary N) is 2. The van der Waals surface area contributed by atoms with Crippen LogP contribution >= 0.6 is 11.3 Å². The molecule has 0 unspecified atom stereocenters. The summed E-state index contributed by atoms with van der Waals surface area (Å²) in [5, 5.41) is 16.0. The lowest BCUT2D eigenvalue weighted by Crippen LogP contribution is -2.55.